The summed E-state index contributed by atoms with van der Waals surface area (Å²) in [5.41, 5.74) is 0. The highest BCUT2D eigenvalue weighted by Crippen LogP contribution is 2.60. The molecule has 4 heteroatoms. The molecule has 1 fully saturated rings. The van der Waals surface area contributed by atoms with Crippen molar-refractivity contribution in [3.63, 3.8) is 0 Å². The first-order valence-corrected chi connectivity index (χ1v) is 4.94. The molecule has 0 spiro atoms. The summed E-state index contributed by atoms with van der Waals surface area (Å²) in [5.74, 6) is 0.586. The summed E-state index contributed by atoms with van der Waals surface area (Å²) in [4.78, 5) is 0.875. The van der Waals surface area contributed by atoms with Crippen molar-refractivity contribution < 1.29 is 4.48 Å². The molecule has 1 aliphatic rings. The molecular formula is C2H5FNPS. The minimum absolute atomic E-state index is 0.396. The maximum absolute atomic E-state index is 11.8. The molecule has 6 heavy (non-hydrogen) atoms. The molecule has 0 aromatic heterocycles. The normalized spacial score (nSPS) is 36.0. The zero-order chi connectivity index (χ0) is 4.57. The van der Waals surface area contributed by atoms with Gasteiger partial charge in [0.05, 0.1) is 13.2 Å². The number of hydrogen-bond donors (Lipinski definition) is 0. The lowest BCUT2D eigenvalue weighted by Gasteiger charge is -2.27. The number of hydrogen-bond acceptors (Lipinski definition) is 2. The highest BCUT2D eigenvalue weighted by Gasteiger charge is 2.23. The second-order valence-corrected chi connectivity index (χ2v) is 5.30. The van der Waals surface area contributed by atoms with Crippen LogP contribution in [0.25, 0.3) is 0 Å². The van der Waals surface area contributed by atoms with Crippen LogP contribution in [0, 0.1) is 0 Å². The van der Waals surface area contributed by atoms with E-state index in [2.05, 4.69) is 0 Å². The van der Waals surface area contributed by atoms with Crippen LogP contribution in [0.2, 0.25) is 0 Å². The molecule has 0 aliphatic carbocycles. The molecule has 0 N–H and O–H groups in total. The first-order chi connectivity index (χ1) is 2.80. The first-order valence-electron chi connectivity index (χ1n) is 1.60. The topological polar surface area (TPSA) is 3.24 Å². The quantitative estimate of drug-likeness (QED) is 0.359. The van der Waals surface area contributed by atoms with Gasteiger partial charge < -0.3 is 0 Å². The van der Waals surface area contributed by atoms with Crippen molar-refractivity contribution in [3.8, 4) is 0 Å². The van der Waals surface area contributed by atoms with Gasteiger partial charge in [0, 0.05) is 0 Å². The standard InChI is InChI=1S/C2H5FNPS/c1-5-4(3)2-6-5/h2H2,1H3. The maximum atomic E-state index is 11.8. The first kappa shape index (κ1) is 4.82. The van der Waals surface area contributed by atoms with Gasteiger partial charge in [0.25, 0.3) is 0 Å². The second-order valence-electron chi connectivity index (χ2n) is 1.06. The van der Waals surface area contributed by atoms with Crippen LogP contribution in [0.4, 0.5) is 4.48 Å². The van der Waals surface area contributed by atoms with Crippen LogP contribution in [0.1, 0.15) is 0 Å². The van der Waals surface area contributed by atoms with Gasteiger partial charge in [-0.3, -0.25) is 0 Å². The van der Waals surface area contributed by atoms with Crippen LogP contribution in [0.15, 0.2) is 0 Å². The molecule has 0 aromatic carbocycles. The molecule has 1 unspecified atom stereocenters. The van der Waals surface area contributed by atoms with E-state index in [1.165, 1.54) is 0 Å². The molecule has 0 saturated carbocycles. The molecule has 0 radical (unpaired) electrons. The molecule has 1 rings (SSSR count). The van der Waals surface area contributed by atoms with Crippen molar-refractivity contribution in [1.82, 2.24) is 4.89 Å². The molecule has 0 bridgehead atoms. The van der Waals surface area contributed by atoms with E-state index in [1.807, 2.05) is 6.66 Å². The fraction of sp³-hybridized carbons (Fsp3) is 1.00. The van der Waals surface area contributed by atoms with Gasteiger partial charge >= 0.3 is 0 Å². The summed E-state index contributed by atoms with van der Waals surface area (Å²) >= 11 is 1.68. The van der Waals surface area contributed by atoms with Gasteiger partial charge in [0.1, 0.15) is 0 Å². The Balaban J connectivity index is 2.20. The van der Waals surface area contributed by atoms with Crippen molar-refractivity contribution in [2.75, 3.05) is 12.5 Å². The number of nitrogens with zero attached hydrogens (tertiary/aromatic N) is 1. The summed E-state index contributed by atoms with van der Waals surface area (Å²) in [6, 6.07) is 0. The Morgan fingerprint density at radius 3 is 2.50 bits per heavy atom. The molecule has 0 aromatic rings. The van der Waals surface area contributed by atoms with Gasteiger partial charge in [-0.2, -0.15) is 0 Å². The van der Waals surface area contributed by atoms with E-state index >= 15 is 0 Å². The van der Waals surface area contributed by atoms with Crippen molar-refractivity contribution in [1.29, 1.82) is 0 Å². The van der Waals surface area contributed by atoms with Crippen LogP contribution in [-0.2, 0) is 0 Å². The third kappa shape index (κ3) is 0.673. The van der Waals surface area contributed by atoms with Crippen molar-refractivity contribution >= 4 is 18.7 Å². The van der Waals surface area contributed by atoms with Crippen LogP contribution in [-0.4, -0.2) is 17.4 Å². The molecule has 1 aliphatic heterocycles. The summed E-state index contributed by atoms with van der Waals surface area (Å²) in [5, 5.41) is 0. The lowest BCUT2D eigenvalue weighted by atomic mass is 11.5. The van der Waals surface area contributed by atoms with Crippen LogP contribution in [0.5, 0.6) is 0 Å². The monoisotopic (exact) mass is 125 g/mol. The summed E-state index contributed by atoms with van der Waals surface area (Å²) in [7, 11) is -0.396. The highest BCUT2D eigenvalue weighted by molar-refractivity contribution is 8.57. The SMILES string of the molecule is CP1SCN1F. The second kappa shape index (κ2) is 1.65. The minimum atomic E-state index is -0.396. The molecule has 1 atom stereocenters. The average Bonchev–Trinajstić information content (AvgIpc) is 1.61. The van der Waals surface area contributed by atoms with Gasteiger partial charge in [-0.15, -0.1) is 9.37 Å². The summed E-state index contributed by atoms with van der Waals surface area (Å²) in [6.07, 6.45) is 0. The zero-order valence-electron chi connectivity index (χ0n) is 3.39. The number of halogens is 1. The Bertz CT molecular complexity index is 53.5. The van der Waals surface area contributed by atoms with Crippen molar-refractivity contribution in [2.45, 2.75) is 0 Å². The lowest BCUT2D eigenvalue weighted by molar-refractivity contribution is 0.177. The third-order valence-corrected chi connectivity index (χ3v) is 4.32. The predicted molar refractivity (Wildman–Crippen MR) is 28.2 cm³/mol. The molecule has 1 saturated heterocycles. The Morgan fingerprint density at radius 1 is 2.00 bits per heavy atom. The Kier molecular flexibility index (Phi) is 1.32. The largest absolute Gasteiger partial charge is 0.129 e. The average molecular weight is 125 g/mol. The van der Waals surface area contributed by atoms with E-state index in [4.69, 9.17) is 0 Å². The molecule has 1 heterocycles. The summed E-state index contributed by atoms with van der Waals surface area (Å²) in [6.45, 7) is 1.91. The highest BCUT2D eigenvalue weighted by atomic mass is 32.7. The van der Waals surface area contributed by atoms with E-state index in [0.29, 0.717) is 5.88 Å². The molecule has 0 amide bonds. The zero-order valence-corrected chi connectivity index (χ0v) is 5.10. The van der Waals surface area contributed by atoms with Gasteiger partial charge in [-0.05, 0) is 6.66 Å². The van der Waals surface area contributed by atoms with E-state index in [-0.39, 0.29) is 0 Å². The van der Waals surface area contributed by atoms with Gasteiger partial charge in [0.15, 0.2) is 0 Å². The van der Waals surface area contributed by atoms with E-state index in [1.54, 1.807) is 11.4 Å². The number of rotatable bonds is 0. The Morgan fingerprint density at radius 2 is 2.50 bits per heavy atom. The summed E-state index contributed by atoms with van der Waals surface area (Å²) < 4.78 is 11.8. The third-order valence-electron chi connectivity index (χ3n) is 0.657. The van der Waals surface area contributed by atoms with Crippen molar-refractivity contribution in [2.24, 2.45) is 0 Å². The van der Waals surface area contributed by atoms with Crippen LogP contribution < -0.4 is 0 Å². The van der Waals surface area contributed by atoms with Crippen molar-refractivity contribution in [3.05, 3.63) is 0 Å². The molecule has 36 valence electrons. The Hall–Kier alpha value is 0.670. The fourth-order valence-corrected chi connectivity index (χ4v) is 1.95. The predicted octanol–water partition coefficient (Wildman–Crippen LogP) is 1.82. The van der Waals surface area contributed by atoms with Crippen LogP contribution in [0.3, 0.4) is 0 Å². The van der Waals surface area contributed by atoms with E-state index in [0.717, 1.165) is 4.89 Å². The maximum Gasteiger partial charge on any atom is 0.0851 e. The molecule has 1 nitrogen and oxygen atoms in total. The fourth-order valence-electron chi connectivity index (χ4n) is 0.217. The van der Waals surface area contributed by atoms with Gasteiger partial charge in [-0.25, -0.2) is 0 Å². The smallest absolute Gasteiger partial charge is 0.0851 e. The minimum Gasteiger partial charge on any atom is -0.129 e. The lowest BCUT2D eigenvalue weighted by Crippen LogP contribution is -2.11. The van der Waals surface area contributed by atoms with Gasteiger partial charge in [0.2, 0.25) is 0 Å². The Labute approximate surface area is 41.4 Å². The van der Waals surface area contributed by atoms with Crippen LogP contribution >= 0.6 is 18.7 Å². The molecular weight excluding hydrogens is 120 g/mol. The van der Waals surface area contributed by atoms with E-state index < -0.39 is 7.27 Å². The van der Waals surface area contributed by atoms with Gasteiger partial charge in [-0.1, -0.05) is 11.4 Å². The van der Waals surface area contributed by atoms with E-state index in [9.17, 15) is 4.48 Å².